The summed E-state index contributed by atoms with van der Waals surface area (Å²) in [5.74, 6) is 0. The largest absolute Gasteiger partial charge is 0.276 e. The van der Waals surface area contributed by atoms with Crippen molar-refractivity contribution in [1.29, 1.82) is 0 Å². The number of aliphatic imine (C=N–C) groups is 1. The number of benzene rings is 2. The maximum atomic E-state index is 4.64. The summed E-state index contributed by atoms with van der Waals surface area (Å²) < 4.78 is 0. The second kappa shape index (κ2) is 4.76. The first-order valence-corrected chi connectivity index (χ1v) is 6.63. The molecule has 0 aromatic heterocycles. The van der Waals surface area contributed by atoms with E-state index in [0.29, 0.717) is 5.25 Å². The quantitative estimate of drug-likeness (QED) is 0.773. The molecule has 1 atom stereocenters. The number of hydrogen-bond acceptors (Lipinski definition) is 2. The second-order valence-electron chi connectivity index (χ2n) is 4.03. The molecule has 0 N–H and O–H groups in total. The Kier molecular flexibility index (Phi) is 2.97. The van der Waals surface area contributed by atoms with Crippen LogP contribution in [0.25, 0.3) is 0 Å². The van der Waals surface area contributed by atoms with Crippen LogP contribution in [0.2, 0.25) is 0 Å². The average molecular weight is 239 g/mol. The van der Waals surface area contributed by atoms with Crippen LogP contribution >= 0.6 is 11.8 Å². The molecule has 1 aliphatic rings. The van der Waals surface area contributed by atoms with Gasteiger partial charge in [-0.15, -0.1) is 0 Å². The van der Waals surface area contributed by atoms with Crippen LogP contribution in [0, 0.1) is 0 Å². The van der Waals surface area contributed by atoms with Gasteiger partial charge in [-0.2, -0.15) is 0 Å². The van der Waals surface area contributed by atoms with Gasteiger partial charge < -0.3 is 0 Å². The Balaban J connectivity index is 1.78. The van der Waals surface area contributed by atoms with E-state index in [-0.39, 0.29) is 0 Å². The lowest BCUT2D eigenvalue weighted by Gasteiger charge is -2.08. The molecule has 0 radical (unpaired) electrons. The van der Waals surface area contributed by atoms with Crippen LogP contribution in [0.1, 0.15) is 16.4 Å². The van der Waals surface area contributed by atoms with Crippen molar-refractivity contribution in [2.75, 3.05) is 6.54 Å². The molecule has 1 aliphatic heterocycles. The molecule has 3 rings (SSSR count). The molecule has 0 saturated carbocycles. The van der Waals surface area contributed by atoms with Crippen LogP contribution in [0.15, 0.2) is 65.7 Å². The zero-order chi connectivity index (χ0) is 11.5. The molecule has 84 valence electrons. The van der Waals surface area contributed by atoms with Crippen molar-refractivity contribution in [3.05, 3.63) is 71.8 Å². The van der Waals surface area contributed by atoms with Crippen molar-refractivity contribution in [3.63, 3.8) is 0 Å². The van der Waals surface area contributed by atoms with E-state index in [1.54, 1.807) is 0 Å². The molecule has 0 amide bonds. The summed E-state index contributed by atoms with van der Waals surface area (Å²) in [7, 11) is 0. The molecule has 17 heavy (non-hydrogen) atoms. The standard InChI is InChI=1S/C15H13NS/c1-3-7-12(8-4-1)14-11-16-15(17-14)13-9-5-2-6-10-13/h1-10,14H,11H2. The van der Waals surface area contributed by atoms with Crippen molar-refractivity contribution in [1.82, 2.24) is 0 Å². The van der Waals surface area contributed by atoms with E-state index in [9.17, 15) is 0 Å². The number of hydrogen-bond donors (Lipinski definition) is 0. The Hall–Kier alpha value is -1.54. The summed E-state index contributed by atoms with van der Waals surface area (Å²) in [6, 6.07) is 21.0. The molecule has 1 heterocycles. The Morgan fingerprint density at radius 1 is 0.882 bits per heavy atom. The molecule has 1 nitrogen and oxygen atoms in total. The predicted molar refractivity (Wildman–Crippen MR) is 74.6 cm³/mol. The first-order valence-electron chi connectivity index (χ1n) is 5.75. The van der Waals surface area contributed by atoms with Crippen molar-refractivity contribution in [2.45, 2.75) is 5.25 Å². The minimum absolute atomic E-state index is 0.478. The monoisotopic (exact) mass is 239 g/mol. The Morgan fingerprint density at radius 3 is 2.24 bits per heavy atom. The van der Waals surface area contributed by atoms with Gasteiger partial charge in [0.05, 0.1) is 16.8 Å². The molecule has 2 aromatic rings. The highest BCUT2D eigenvalue weighted by molar-refractivity contribution is 8.14. The van der Waals surface area contributed by atoms with Gasteiger partial charge in [0.25, 0.3) is 0 Å². The number of thioether (sulfide) groups is 1. The van der Waals surface area contributed by atoms with E-state index in [4.69, 9.17) is 0 Å². The van der Waals surface area contributed by atoms with Gasteiger partial charge in [-0.3, -0.25) is 4.99 Å². The summed E-state index contributed by atoms with van der Waals surface area (Å²) in [4.78, 5) is 4.64. The van der Waals surface area contributed by atoms with E-state index >= 15 is 0 Å². The highest BCUT2D eigenvalue weighted by Crippen LogP contribution is 2.37. The Labute approximate surface area is 106 Å². The van der Waals surface area contributed by atoms with Crippen molar-refractivity contribution >= 4 is 16.8 Å². The van der Waals surface area contributed by atoms with E-state index < -0.39 is 0 Å². The smallest absolute Gasteiger partial charge is 0.0984 e. The lowest BCUT2D eigenvalue weighted by molar-refractivity contribution is 0.966. The van der Waals surface area contributed by atoms with Gasteiger partial charge >= 0.3 is 0 Å². The normalized spacial score (nSPS) is 19.1. The number of rotatable bonds is 2. The van der Waals surface area contributed by atoms with Crippen molar-refractivity contribution in [2.24, 2.45) is 4.99 Å². The predicted octanol–water partition coefficient (Wildman–Crippen LogP) is 3.92. The Morgan fingerprint density at radius 2 is 1.53 bits per heavy atom. The maximum absolute atomic E-state index is 4.64. The summed E-state index contributed by atoms with van der Waals surface area (Å²) in [6.45, 7) is 0.888. The highest BCUT2D eigenvalue weighted by atomic mass is 32.2. The van der Waals surface area contributed by atoms with Crippen LogP contribution in [-0.4, -0.2) is 11.6 Å². The third-order valence-corrected chi connectivity index (χ3v) is 4.14. The van der Waals surface area contributed by atoms with Crippen LogP contribution in [-0.2, 0) is 0 Å². The van der Waals surface area contributed by atoms with Gasteiger partial charge in [-0.25, -0.2) is 0 Å². The summed E-state index contributed by atoms with van der Waals surface area (Å²) in [6.07, 6.45) is 0. The number of nitrogens with zero attached hydrogens (tertiary/aromatic N) is 1. The Bertz CT molecular complexity index is 519. The fourth-order valence-electron chi connectivity index (χ4n) is 1.96. The molecule has 0 bridgehead atoms. The SMILES string of the molecule is c1ccc(C2=NCC(c3ccccc3)S2)cc1. The van der Waals surface area contributed by atoms with Gasteiger partial charge in [0.1, 0.15) is 0 Å². The molecule has 2 heteroatoms. The van der Waals surface area contributed by atoms with E-state index in [2.05, 4.69) is 59.6 Å². The molecule has 1 unspecified atom stereocenters. The summed E-state index contributed by atoms with van der Waals surface area (Å²) >= 11 is 1.87. The van der Waals surface area contributed by atoms with E-state index in [1.807, 2.05) is 17.8 Å². The van der Waals surface area contributed by atoms with Crippen molar-refractivity contribution in [3.8, 4) is 0 Å². The van der Waals surface area contributed by atoms with Gasteiger partial charge in [-0.1, -0.05) is 72.4 Å². The van der Waals surface area contributed by atoms with E-state index in [1.165, 1.54) is 16.2 Å². The lowest BCUT2D eigenvalue weighted by Crippen LogP contribution is -1.94. The molecule has 0 spiro atoms. The highest BCUT2D eigenvalue weighted by Gasteiger charge is 2.21. The first kappa shape index (κ1) is 10.6. The zero-order valence-electron chi connectivity index (χ0n) is 9.41. The minimum Gasteiger partial charge on any atom is -0.276 e. The summed E-state index contributed by atoms with van der Waals surface area (Å²) in [5.41, 5.74) is 2.60. The van der Waals surface area contributed by atoms with Gasteiger partial charge in [0.15, 0.2) is 0 Å². The fourth-order valence-corrected chi connectivity index (χ4v) is 3.09. The molecule has 2 aromatic carbocycles. The molecular weight excluding hydrogens is 226 g/mol. The van der Waals surface area contributed by atoms with Crippen LogP contribution in [0.5, 0.6) is 0 Å². The second-order valence-corrected chi connectivity index (χ2v) is 5.22. The molecule has 0 fully saturated rings. The summed E-state index contributed by atoms with van der Waals surface area (Å²) in [5, 5.41) is 1.64. The van der Waals surface area contributed by atoms with Crippen molar-refractivity contribution < 1.29 is 0 Å². The lowest BCUT2D eigenvalue weighted by atomic mass is 10.1. The van der Waals surface area contributed by atoms with Crippen LogP contribution in [0.4, 0.5) is 0 Å². The fraction of sp³-hybridized carbons (Fsp3) is 0.133. The first-order chi connectivity index (χ1) is 8.43. The third kappa shape index (κ3) is 2.27. The van der Waals surface area contributed by atoms with Gasteiger partial charge in [0.2, 0.25) is 0 Å². The van der Waals surface area contributed by atoms with Crippen LogP contribution in [0.3, 0.4) is 0 Å². The molecule has 0 aliphatic carbocycles. The van der Waals surface area contributed by atoms with Gasteiger partial charge in [-0.05, 0) is 5.56 Å². The maximum Gasteiger partial charge on any atom is 0.0984 e. The average Bonchev–Trinajstić information content (AvgIpc) is 2.90. The molecular formula is C15H13NS. The molecule has 0 saturated heterocycles. The zero-order valence-corrected chi connectivity index (χ0v) is 10.2. The van der Waals surface area contributed by atoms with E-state index in [0.717, 1.165) is 6.54 Å². The van der Waals surface area contributed by atoms with Crippen LogP contribution < -0.4 is 0 Å². The topological polar surface area (TPSA) is 12.4 Å². The van der Waals surface area contributed by atoms with Gasteiger partial charge in [0, 0.05) is 5.56 Å². The third-order valence-electron chi connectivity index (χ3n) is 2.85. The minimum atomic E-state index is 0.478.